The molecule has 0 spiro atoms. The Morgan fingerprint density at radius 3 is 2.76 bits per heavy atom. The molecule has 0 aromatic rings. The predicted molar refractivity (Wildman–Crippen MR) is 78.5 cm³/mol. The van der Waals surface area contributed by atoms with Gasteiger partial charge in [0.1, 0.15) is 0 Å². The van der Waals surface area contributed by atoms with Gasteiger partial charge in [-0.25, -0.2) is 13.1 Å². The Morgan fingerprint density at radius 2 is 2.12 bits per heavy atom. The summed E-state index contributed by atoms with van der Waals surface area (Å²) in [7, 11) is -3.10. The smallest absolute Gasteiger partial charge is 0.212 e. The lowest BCUT2D eigenvalue weighted by atomic mass is 10.5. The predicted octanol–water partition coefficient (Wildman–Crippen LogP) is 0.754. The van der Waals surface area contributed by atoms with Crippen molar-refractivity contribution in [2.45, 2.75) is 18.6 Å². The van der Waals surface area contributed by atoms with E-state index in [4.69, 9.17) is 0 Å². The first-order valence-electron chi connectivity index (χ1n) is 6.01. The molecule has 1 aliphatic heterocycles. The third-order valence-corrected chi connectivity index (χ3v) is 6.58. The fraction of sp³-hybridized carbons (Fsp3) is 1.00. The first-order valence-corrected chi connectivity index (χ1v) is 9.87. The van der Waals surface area contributed by atoms with Crippen LogP contribution in [0, 0.1) is 0 Å². The van der Waals surface area contributed by atoms with Gasteiger partial charge >= 0.3 is 0 Å². The standard InChI is InChI=1S/C10H22N2O2S3/c1-2-3-11-4-7-17(13,14)12-8-10-9-15-5-6-16-10/h10-12H,2-9H2,1H3. The van der Waals surface area contributed by atoms with Crippen molar-refractivity contribution in [3.8, 4) is 0 Å². The van der Waals surface area contributed by atoms with Crippen molar-refractivity contribution < 1.29 is 8.42 Å². The van der Waals surface area contributed by atoms with Gasteiger partial charge in [0.25, 0.3) is 0 Å². The molecule has 1 rings (SSSR count). The summed E-state index contributed by atoms with van der Waals surface area (Å²) in [4.78, 5) is 0. The summed E-state index contributed by atoms with van der Waals surface area (Å²) in [6, 6.07) is 0. The second-order valence-corrected chi connectivity index (χ2v) is 8.47. The first kappa shape index (κ1) is 15.6. The number of rotatable bonds is 8. The summed E-state index contributed by atoms with van der Waals surface area (Å²) in [5, 5.41) is 3.54. The van der Waals surface area contributed by atoms with Crippen LogP contribution in [0.5, 0.6) is 0 Å². The Labute approximate surface area is 113 Å². The van der Waals surface area contributed by atoms with Gasteiger partial charge in [0.2, 0.25) is 10.0 Å². The van der Waals surface area contributed by atoms with Crippen molar-refractivity contribution in [3.05, 3.63) is 0 Å². The van der Waals surface area contributed by atoms with Crippen molar-refractivity contribution in [1.29, 1.82) is 0 Å². The fourth-order valence-electron chi connectivity index (χ4n) is 1.45. The quantitative estimate of drug-likeness (QED) is 0.648. The van der Waals surface area contributed by atoms with Gasteiger partial charge in [-0.05, 0) is 13.0 Å². The average Bonchev–Trinajstić information content (AvgIpc) is 2.34. The summed E-state index contributed by atoms with van der Waals surface area (Å²) < 4.78 is 26.0. The number of nitrogens with one attached hydrogen (secondary N) is 2. The maximum atomic E-state index is 11.7. The zero-order valence-corrected chi connectivity index (χ0v) is 12.7. The maximum Gasteiger partial charge on any atom is 0.212 e. The molecular weight excluding hydrogens is 276 g/mol. The van der Waals surface area contributed by atoms with Gasteiger partial charge in [-0.3, -0.25) is 0 Å². The van der Waals surface area contributed by atoms with Gasteiger partial charge in [0.05, 0.1) is 5.75 Å². The van der Waals surface area contributed by atoms with E-state index in [1.165, 1.54) is 5.75 Å². The van der Waals surface area contributed by atoms with E-state index < -0.39 is 10.0 Å². The summed E-state index contributed by atoms with van der Waals surface area (Å²) in [5.41, 5.74) is 0. The molecule has 1 aliphatic rings. The Hall–Kier alpha value is 0.570. The second-order valence-electron chi connectivity index (χ2n) is 3.99. The monoisotopic (exact) mass is 298 g/mol. The highest BCUT2D eigenvalue weighted by molar-refractivity contribution is 8.06. The van der Waals surface area contributed by atoms with Crippen LogP contribution in [0.1, 0.15) is 13.3 Å². The Bertz CT molecular complexity index is 290. The molecule has 102 valence electrons. The van der Waals surface area contributed by atoms with Crippen LogP contribution < -0.4 is 10.0 Å². The summed E-state index contributed by atoms with van der Waals surface area (Å²) in [6.45, 7) is 4.06. The van der Waals surface area contributed by atoms with Crippen LogP contribution >= 0.6 is 23.5 Å². The second kappa shape index (κ2) is 8.63. The van der Waals surface area contributed by atoms with Gasteiger partial charge in [-0.2, -0.15) is 23.5 Å². The normalized spacial score (nSPS) is 21.6. The van der Waals surface area contributed by atoms with E-state index in [9.17, 15) is 8.42 Å². The lowest BCUT2D eigenvalue weighted by Gasteiger charge is -2.21. The number of hydrogen-bond acceptors (Lipinski definition) is 5. The molecule has 0 amide bonds. The third-order valence-electron chi connectivity index (χ3n) is 2.39. The Kier molecular flexibility index (Phi) is 7.94. The number of sulfonamides is 1. The number of thioether (sulfide) groups is 2. The van der Waals surface area contributed by atoms with Gasteiger partial charge in [0, 0.05) is 35.6 Å². The van der Waals surface area contributed by atoms with E-state index >= 15 is 0 Å². The van der Waals surface area contributed by atoms with Crippen LogP contribution in [0.2, 0.25) is 0 Å². The largest absolute Gasteiger partial charge is 0.316 e. The highest BCUT2D eigenvalue weighted by atomic mass is 32.2. The van der Waals surface area contributed by atoms with Crippen molar-refractivity contribution >= 4 is 33.5 Å². The third kappa shape index (κ3) is 7.56. The molecule has 0 bridgehead atoms. The van der Waals surface area contributed by atoms with Crippen molar-refractivity contribution in [2.24, 2.45) is 0 Å². The Morgan fingerprint density at radius 1 is 1.29 bits per heavy atom. The molecule has 2 N–H and O–H groups in total. The molecule has 1 unspecified atom stereocenters. The fourth-order valence-corrected chi connectivity index (χ4v) is 5.18. The zero-order valence-electron chi connectivity index (χ0n) is 10.3. The van der Waals surface area contributed by atoms with Gasteiger partial charge in [0.15, 0.2) is 0 Å². The molecule has 17 heavy (non-hydrogen) atoms. The minimum atomic E-state index is -3.10. The molecular formula is C10H22N2O2S3. The lowest BCUT2D eigenvalue weighted by Crippen LogP contribution is -2.37. The molecule has 7 heteroatoms. The van der Waals surface area contributed by atoms with E-state index in [1.807, 2.05) is 23.5 Å². The zero-order chi connectivity index (χ0) is 12.6. The molecule has 0 saturated carbocycles. The van der Waals surface area contributed by atoms with Crippen LogP contribution in [-0.2, 0) is 10.0 Å². The molecule has 4 nitrogen and oxygen atoms in total. The average molecular weight is 298 g/mol. The lowest BCUT2D eigenvalue weighted by molar-refractivity contribution is 0.576. The summed E-state index contributed by atoms with van der Waals surface area (Å²) in [6.07, 6.45) is 1.03. The van der Waals surface area contributed by atoms with Gasteiger partial charge < -0.3 is 5.32 Å². The van der Waals surface area contributed by atoms with Crippen LogP contribution in [0.4, 0.5) is 0 Å². The summed E-state index contributed by atoms with van der Waals surface area (Å²) in [5.74, 6) is 3.56. The van der Waals surface area contributed by atoms with Crippen LogP contribution in [-0.4, -0.2) is 56.3 Å². The van der Waals surface area contributed by atoms with E-state index in [0.29, 0.717) is 18.3 Å². The number of hydrogen-bond donors (Lipinski definition) is 2. The van der Waals surface area contributed by atoms with Gasteiger partial charge in [-0.1, -0.05) is 6.92 Å². The minimum Gasteiger partial charge on any atom is -0.316 e. The molecule has 1 atom stereocenters. The van der Waals surface area contributed by atoms with Crippen LogP contribution in [0.3, 0.4) is 0 Å². The minimum absolute atomic E-state index is 0.178. The molecule has 0 radical (unpaired) electrons. The van der Waals surface area contributed by atoms with Crippen LogP contribution in [0.25, 0.3) is 0 Å². The van der Waals surface area contributed by atoms with Gasteiger partial charge in [-0.15, -0.1) is 0 Å². The highest BCUT2D eigenvalue weighted by Gasteiger charge is 2.17. The van der Waals surface area contributed by atoms with Crippen molar-refractivity contribution in [3.63, 3.8) is 0 Å². The summed E-state index contributed by atoms with van der Waals surface area (Å²) >= 11 is 3.78. The molecule has 0 aromatic heterocycles. The molecule has 0 aliphatic carbocycles. The highest BCUT2D eigenvalue weighted by Crippen LogP contribution is 2.23. The van der Waals surface area contributed by atoms with E-state index in [2.05, 4.69) is 17.0 Å². The SMILES string of the molecule is CCCNCCS(=O)(=O)NCC1CSCCS1. The van der Waals surface area contributed by atoms with Crippen LogP contribution in [0.15, 0.2) is 0 Å². The maximum absolute atomic E-state index is 11.7. The topological polar surface area (TPSA) is 58.2 Å². The molecule has 0 aromatic carbocycles. The Balaban J connectivity index is 2.14. The molecule has 1 fully saturated rings. The van der Waals surface area contributed by atoms with E-state index in [-0.39, 0.29) is 5.75 Å². The van der Waals surface area contributed by atoms with Crippen molar-refractivity contribution in [1.82, 2.24) is 10.0 Å². The van der Waals surface area contributed by atoms with Crippen molar-refractivity contribution in [2.75, 3.05) is 42.6 Å². The van der Waals surface area contributed by atoms with E-state index in [0.717, 1.165) is 24.5 Å². The first-order chi connectivity index (χ1) is 8.14. The molecule has 1 saturated heterocycles. The van der Waals surface area contributed by atoms with E-state index in [1.54, 1.807) is 0 Å². The molecule has 1 heterocycles.